The summed E-state index contributed by atoms with van der Waals surface area (Å²) >= 11 is 0. The highest BCUT2D eigenvalue weighted by Crippen LogP contribution is 2.38. The summed E-state index contributed by atoms with van der Waals surface area (Å²) in [6.07, 6.45) is 10.5. The molecule has 4 nitrogen and oxygen atoms in total. The quantitative estimate of drug-likeness (QED) is 0.166. The van der Waals surface area contributed by atoms with Gasteiger partial charge in [0.15, 0.2) is 0 Å². The summed E-state index contributed by atoms with van der Waals surface area (Å²) in [5.41, 5.74) is 15.2. The molecule has 0 aliphatic heterocycles. The molecule has 0 radical (unpaired) electrons. The third kappa shape index (κ3) is 5.51. The molecule has 0 fully saturated rings. The number of aromatic nitrogens is 2. The van der Waals surface area contributed by atoms with Crippen LogP contribution in [-0.4, -0.2) is 22.1 Å². The summed E-state index contributed by atoms with van der Waals surface area (Å²) in [7, 11) is 1.81. The van der Waals surface area contributed by atoms with E-state index in [1.807, 2.05) is 13.3 Å². The maximum Gasteiger partial charge on any atom is 0.0462 e. The van der Waals surface area contributed by atoms with Gasteiger partial charge in [0.1, 0.15) is 0 Å². The standard InChI is InChI=1S/C43H34N4/c1-31-25-35(9-10-36(31)28-44-2)32-11-17-39(18-12-32)47(40-19-13-33(14-20-40)37-26-42-7-3-5-23-45(42)29-37)41-21-15-34(16-22-41)38-27-43-8-4-6-24-46(43)30-38/h3-30H,1-2H3/b44-28-. The van der Waals surface area contributed by atoms with Crippen molar-refractivity contribution in [3.05, 3.63) is 175 Å². The number of aryl methyl sites for hydroxylation is 1. The van der Waals surface area contributed by atoms with Gasteiger partial charge in [0.05, 0.1) is 0 Å². The summed E-state index contributed by atoms with van der Waals surface area (Å²) < 4.78 is 4.33. The van der Waals surface area contributed by atoms with Crippen LogP contribution in [-0.2, 0) is 0 Å². The topological polar surface area (TPSA) is 24.4 Å². The monoisotopic (exact) mass is 606 g/mol. The van der Waals surface area contributed by atoms with Crippen LogP contribution in [0.25, 0.3) is 44.4 Å². The van der Waals surface area contributed by atoms with Crippen LogP contribution >= 0.6 is 0 Å². The van der Waals surface area contributed by atoms with Gasteiger partial charge in [-0.25, -0.2) is 0 Å². The highest BCUT2D eigenvalue weighted by atomic mass is 15.1. The molecule has 4 aromatic carbocycles. The Hall–Kier alpha value is -6.13. The van der Waals surface area contributed by atoms with Gasteiger partial charge in [0, 0.05) is 77.3 Å². The van der Waals surface area contributed by atoms with Crippen molar-refractivity contribution in [1.82, 2.24) is 8.80 Å². The summed E-state index contributed by atoms with van der Waals surface area (Å²) in [5, 5.41) is 0. The lowest BCUT2D eigenvalue weighted by molar-refractivity contribution is 1.20. The van der Waals surface area contributed by atoms with Gasteiger partial charge in [-0.1, -0.05) is 66.7 Å². The Morgan fingerprint density at radius 1 is 0.489 bits per heavy atom. The Labute approximate surface area is 275 Å². The van der Waals surface area contributed by atoms with Crippen LogP contribution in [0.4, 0.5) is 17.1 Å². The molecule has 0 aliphatic carbocycles. The van der Waals surface area contributed by atoms with Gasteiger partial charge in [-0.3, -0.25) is 4.99 Å². The molecule has 4 aromatic heterocycles. The number of pyridine rings is 2. The first-order chi connectivity index (χ1) is 23.1. The minimum atomic E-state index is 1.10. The average Bonchev–Trinajstić information content (AvgIpc) is 3.75. The molecule has 0 bridgehead atoms. The molecule has 8 aromatic rings. The van der Waals surface area contributed by atoms with Crippen molar-refractivity contribution in [3.8, 4) is 33.4 Å². The number of aliphatic imine (C=N–C) groups is 1. The zero-order valence-corrected chi connectivity index (χ0v) is 26.5. The fourth-order valence-electron chi connectivity index (χ4n) is 6.42. The highest BCUT2D eigenvalue weighted by Gasteiger charge is 2.15. The molecule has 4 heteroatoms. The zero-order valence-electron chi connectivity index (χ0n) is 26.5. The number of nitrogens with zero attached hydrogens (tertiary/aromatic N) is 4. The molecule has 0 saturated carbocycles. The van der Waals surface area contributed by atoms with Crippen LogP contribution in [0.5, 0.6) is 0 Å². The Morgan fingerprint density at radius 2 is 0.936 bits per heavy atom. The van der Waals surface area contributed by atoms with Crippen molar-refractivity contribution in [3.63, 3.8) is 0 Å². The van der Waals surface area contributed by atoms with Crippen LogP contribution in [0.15, 0.2) is 169 Å². The summed E-state index contributed by atoms with van der Waals surface area (Å²) in [6.45, 7) is 2.14. The molecule has 47 heavy (non-hydrogen) atoms. The van der Waals surface area contributed by atoms with E-state index >= 15 is 0 Å². The number of hydrogen-bond acceptors (Lipinski definition) is 2. The Morgan fingerprint density at radius 3 is 1.36 bits per heavy atom. The van der Waals surface area contributed by atoms with E-state index in [4.69, 9.17) is 0 Å². The van der Waals surface area contributed by atoms with E-state index in [2.05, 4.69) is 190 Å². The van der Waals surface area contributed by atoms with Gasteiger partial charge in [-0.15, -0.1) is 0 Å². The van der Waals surface area contributed by atoms with Gasteiger partial charge in [0.25, 0.3) is 0 Å². The van der Waals surface area contributed by atoms with E-state index in [1.165, 1.54) is 50.0 Å². The van der Waals surface area contributed by atoms with E-state index in [0.29, 0.717) is 0 Å². The molecular formula is C43H34N4. The molecule has 0 aliphatic rings. The van der Waals surface area contributed by atoms with E-state index in [0.717, 1.165) is 22.6 Å². The first kappa shape index (κ1) is 28.4. The normalized spacial score (nSPS) is 11.5. The number of anilines is 3. The molecule has 0 amide bonds. The Balaban J connectivity index is 1.16. The fourth-order valence-corrected chi connectivity index (χ4v) is 6.42. The molecule has 8 rings (SSSR count). The van der Waals surface area contributed by atoms with Crippen molar-refractivity contribution in [2.24, 2.45) is 4.99 Å². The lowest BCUT2D eigenvalue weighted by Crippen LogP contribution is -2.09. The maximum atomic E-state index is 4.19. The van der Waals surface area contributed by atoms with Gasteiger partial charge in [-0.2, -0.15) is 0 Å². The first-order valence-electron chi connectivity index (χ1n) is 15.9. The fraction of sp³-hybridized carbons (Fsp3) is 0.0465. The molecule has 226 valence electrons. The molecule has 0 saturated heterocycles. The number of benzene rings is 4. The lowest BCUT2D eigenvalue weighted by atomic mass is 9.99. The van der Waals surface area contributed by atoms with Gasteiger partial charge in [0.2, 0.25) is 0 Å². The van der Waals surface area contributed by atoms with Crippen molar-refractivity contribution in [2.45, 2.75) is 6.92 Å². The second-order valence-corrected chi connectivity index (χ2v) is 12.0. The summed E-state index contributed by atoms with van der Waals surface area (Å²) in [4.78, 5) is 6.52. The van der Waals surface area contributed by atoms with E-state index in [-0.39, 0.29) is 0 Å². The number of fused-ring (bicyclic) bond motifs is 2. The zero-order chi connectivity index (χ0) is 31.7. The maximum absolute atomic E-state index is 4.19. The Bertz CT molecular complexity index is 2170. The van der Waals surface area contributed by atoms with Gasteiger partial charge >= 0.3 is 0 Å². The molecule has 0 spiro atoms. The third-order valence-electron chi connectivity index (χ3n) is 8.92. The predicted octanol–water partition coefficient (Wildman–Crippen LogP) is 11.0. The van der Waals surface area contributed by atoms with Gasteiger partial charge in [-0.05, 0) is 113 Å². The second kappa shape index (κ2) is 12.0. The first-order valence-corrected chi connectivity index (χ1v) is 15.9. The minimum absolute atomic E-state index is 1.10. The van der Waals surface area contributed by atoms with Crippen molar-refractivity contribution < 1.29 is 0 Å². The van der Waals surface area contributed by atoms with Crippen molar-refractivity contribution in [1.29, 1.82) is 0 Å². The highest BCUT2D eigenvalue weighted by molar-refractivity contribution is 5.84. The Kier molecular flexibility index (Phi) is 7.23. The minimum Gasteiger partial charge on any atom is -0.323 e. The SMILES string of the molecule is C/N=C\c1ccc(-c2ccc(N(c3ccc(-c4cc5ccccn5c4)cc3)c3ccc(-c4cc5ccccn5c4)cc3)cc2)cc1C. The van der Waals surface area contributed by atoms with Crippen LogP contribution in [0.2, 0.25) is 0 Å². The van der Waals surface area contributed by atoms with Crippen LogP contribution in [0.3, 0.4) is 0 Å². The van der Waals surface area contributed by atoms with Crippen LogP contribution < -0.4 is 4.90 Å². The van der Waals surface area contributed by atoms with Crippen LogP contribution in [0.1, 0.15) is 11.1 Å². The molecule has 4 heterocycles. The lowest BCUT2D eigenvalue weighted by Gasteiger charge is -2.26. The summed E-state index contributed by atoms with van der Waals surface area (Å²) in [5.74, 6) is 0. The third-order valence-corrected chi connectivity index (χ3v) is 8.92. The van der Waals surface area contributed by atoms with E-state index in [9.17, 15) is 0 Å². The van der Waals surface area contributed by atoms with Crippen molar-refractivity contribution >= 4 is 34.3 Å². The largest absolute Gasteiger partial charge is 0.323 e. The molecular weight excluding hydrogens is 573 g/mol. The summed E-state index contributed by atoms with van der Waals surface area (Å²) in [6, 6.07) is 50.2. The predicted molar refractivity (Wildman–Crippen MR) is 198 cm³/mol. The average molecular weight is 607 g/mol. The van der Waals surface area contributed by atoms with Crippen LogP contribution in [0, 0.1) is 6.92 Å². The van der Waals surface area contributed by atoms with E-state index < -0.39 is 0 Å². The second-order valence-electron chi connectivity index (χ2n) is 12.0. The molecule has 0 unspecified atom stereocenters. The van der Waals surface area contributed by atoms with E-state index in [1.54, 1.807) is 0 Å². The number of hydrogen-bond donors (Lipinski definition) is 0. The smallest absolute Gasteiger partial charge is 0.0462 e. The van der Waals surface area contributed by atoms with Gasteiger partial charge < -0.3 is 13.7 Å². The molecule has 0 atom stereocenters. The van der Waals surface area contributed by atoms with Crippen molar-refractivity contribution in [2.75, 3.05) is 11.9 Å². The molecule has 0 N–H and O–H groups in total. The number of rotatable bonds is 7.